The molecule has 8 heteroatoms. The third-order valence-corrected chi connectivity index (χ3v) is 8.49. The van der Waals surface area contributed by atoms with Crippen LogP contribution in [0.15, 0.2) is 17.1 Å². The minimum Gasteiger partial charge on any atom is -0.443 e. The molecule has 0 N–H and O–H groups in total. The molecular weight excluding hydrogens is 451 g/mol. The maximum absolute atomic E-state index is 9.87. The predicted octanol–water partition coefficient (Wildman–Crippen LogP) is 6.90. The van der Waals surface area contributed by atoms with Crippen molar-refractivity contribution in [2.75, 3.05) is 7.05 Å². The summed E-state index contributed by atoms with van der Waals surface area (Å²) in [5.74, 6) is 0.693. The van der Waals surface area contributed by atoms with Gasteiger partial charge in [0.05, 0.1) is 23.1 Å². The van der Waals surface area contributed by atoms with E-state index in [0.29, 0.717) is 34.5 Å². The van der Waals surface area contributed by atoms with Crippen molar-refractivity contribution in [2.24, 2.45) is 10.9 Å². The van der Waals surface area contributed by atoms with Crippen molar-refractivity contribution in [3.63, 3.8) is 0 Å². The molecular formula is C23H28Cl2N4OS. The number of hydrogen-bond acceptors (Lipinski definition) is 5. The first kappa shape index (κ1) is 23.8. The van der Waals surface area contributed by atoms with E-state index >= 15 is 0 Å². The molecule has 1 saturated carbocycles. The highest BCUT2D eigenvalue weighted by molar-refractivity contribution is 7.08. The largest absolute Gasteiger partial charge is 0.443 e. The number of nitriles is 1. The van der Waals surface area contributed by atoms with Crippen LogP contribution in [-0.4, -0.2) is 33.0 Å². The Labute approximate surface area is 198 Å². The number of nitrogens with zero attached hydrogens (tertiary/aromatic N) is 4. The molecule has 31 heavy (non-hydrogen) atoms. The highest BCUT2D eigenvalue weighted by Gasteiger charge is 2.75. The smallest absolute Gasteiger partial charge is 0.218 e. The van der Waals surface area contributed by atoms with Gasteiger partial charge in [0.2, 0.25) is 5.06 Å². The van der Waals surface area contributed by atoms with E-state index in [2.05, 4.69) is 29.3 Å². The number of halogens is 2. The fourth-order valence-electron chi connectivity index (χ4n) is 3.87. The molecule has 0 saturated heterocycles. The van der Waals surface area contributed by atoms with Crippen molar-refractivity contribution < 1.29 is 4.74 Å². The minimum absolute atomic E-state index is 0.0143. The summed E-state index contributed by atoms with van der Waals surface area (Å²) in [7, 11) is 2.00. The van der Waals surface area contributed by atoms with E-state index in [1.54, 1.807) is 0 Å². The molecule has 0 aliphatic heterocycles. The van der Waals surface area contributed by atoms with Gasteiger partial charge in [0.1, 0.15) is 21.7 Å². The minimum atomic E-state index is -0.923. The maximum Gasteiger partial charge on any atom is 0.218 e. The fourth-order valence-corrected chi connectivity index (χ4v) is 5.70. The van der Waals surface area contributed by atoms with Crippen LogP contribution in [0.3, 0.4) is 0 Å². The number of rotatable bonds is 7. The second kappa shape index (κ2) is 8.61. The van der Waals surface area contributed by atoms with Gasteiger partial charge in [0.25, 0.3) is 0 Å². The summed E-state index contributed by atoms with van der Waals surface area (Å²) in [5.41, 5.74) is 3.33. The third-order valence-electron chi connectivity index (χ3n) is 6.44. The third kappa shape index (κ3) is 3.92. The number of alkyl halides is 2. The normalized spacial score (nSPS) is 22.0. The molecule has 1 aliphatic rings. The first-order valence-corrected chi connectivity index (χ1v) is 11.9. The zero-order valence-corrected chi connectivity index (χ0v) is 21.3. The van der Waals surface area contributed by atoms with Crippen LogP contribution in [0, 0.1) is 31.1 Å². The van der Waals surface area contributed by atoms with Gasteiger partial charge in [-0.2, -0.15) is 9.64 Å². The molecule has 0 radical (unpaired) electrons. The Morgan fingerprint density at radius 1 is 1.35 bits per heavy atom. The second-order valence-corrected chi connectivity index (χ2v) is 10.6. The Hall–Kier alpha value is -1.81. The van der Waals surface area contributed by atoms with Gasteiger partial charge in [0.15, 0.2) is 0 Å². The average Bonchev–Trinajstić information content (AvgIpc) is 2.99. The van der Waals surface area contributed by atoms with E-state index < -0.39 is 9.75 Å². The van der Waals surface area contributed by atoms with E-state index in [4.69, 9.17) is 27.9 Å². The Morgan fingerprint density at radius 3 is 2.52 bits per heavy atom. The molecule has 2 unspecified atom stereocenters. The Kier molecular flexibility index (Phi) is 6.63. The first-order chi connectivity index (χ1) is 14.5. The molecule has 166 valence electrons. The average molecular weight is 479 g/mol. The molecule has 0 spiro atoms. The van der Waals surface area contributed by atoms with Gasteiger partial charge in [-0.05, 0) is 57.4 Å². The lowest BCUT2D eigenvalue weighted by Crippen LogP contribution is -2.24. The standard InChI is InChI=1S/C23H28Cl2N4OS/c1-8-22(16(6)23(22,24)25)20-17(11-26)21(31-28-20)30-19-10-14(4)18(9-15(19)5)27-12-29(7)13(2)3/h9-10,12-13,16H,8H2,1-7H3. The number of hydrogen-bond donors (Lipinski definition) is 0. The van der Waals surface area contributed by atoms with Gasteiger partial charge in [-0.15, -0.1) is 23.2 Å². The molecule has 0 bridgehead atoms. The van der Waals surface area contributed by atoms with Crippen LogP contribution in [0.1, 0.15) is 56.5 Å². The summed E-state index contributed by atoms with van der Waals surface area (Å²) in [4.78, 5) is 6.65. The van der Waals surface area contributed by atoms with Crippen LogP contribution in [0.4, 0.5) is 5.69 Å². The Morgan fingerprint density at radius 2 is 2.00 bits per heavy atom. The lowest BCUT2D eigenvalue weighted by atomic mass is 9.93. The van der Waals surface area contributed by atoms with Crippen LogP contribution in [0.25, 0.3) is 0 Å². The lowest BCUT2D eigenvalue weighted by Gasteiger charge is -2.17. The quantitative estimate of drug-likeness (QED) is 0.246. The summed E-state index contributed by atoms with van der Waals surface area (Å²) >= 11 is 14.3. The Balaban J connectivity index is 1.92. The molecule has 1 fully saturated rings. The molecule has 3 rings (SSSR count). The van der Waals surface area contributed by atoms with Crippen LogP contribution in [-0.2, 0) is 5.41 Å². The summed E-state index contributed by atoms with van der Waals surface area (Å²) in [6.45, 7) is 12.2. The number of ether oxygens (including phenoxy) is 1. The van der Waals surface area contributed by atoms with Crippen molar-refractivity contribution in [3.8, 4) is 16.9 Å². The topological polar surface area (TPSA) is 61.5 Å². The van der Waals surface area contributed by atoms with Gasteiger partial charge in [0, 0.05) is 30.5 Å². The number of aryl methyl sites for hydroxylation is 2. The molecule has 1 aliphatic carbocycles. The highest BCUT2D eigenvalue weighted by atomic mass is 35.5. The Bertz CT molecular complexity index is 1060. The van der Waals surface area contributed by atoms with E-state index in [9.17, 15) is 5.26 Å². The lowest BCUT2D eigenvalue weighted by molar-refractivity contribution is 0.429. The summed E-state index contributed by atoms with van der Waals surface area (Å²) in [6.07, 6.45) is 2.54. The molecule has 5 nitrogen and oxygen atoms in total. The summed E-state index contributed by atoms with van der Waals surface area (Å²) in [5, 5.41) is 10.3. The highest BCUT2D eigenvalue weighted by Crippen LogP contribution is 2.71. The van der Waals surface area contributed by atoms with Gasteiger partial charge >= 0.3 is 0 Å². The van der Waals surface area contributed by atoms with Crippen molar-refractivity contribution in [1.29, 1.82) is 5.26 Å². The van der Waals surface area contributed by atoms with E-state index in [0.717, 1.165) is 16.8 Å². The van der Waals surface area contributed by atoms with Crippen LogP contribution < -0.4 is 4.74 Å². The van der Waals surface area contributed by atoms with Crippen molar-refractivity contribution in [1.82, 2.24) is 9.27 Å². The molecule has 1 heterocycles. The van der Waals surface area contributed by atoms with E-state index in [-0.39, 0.29) is 5.92 Å². The van der Waals surface area contributed by atoms with Crippen LogP contribution in [0.2, 0.25) is 0 Å². The molecule has 1 aromatic heterocycles. The van der Waals surface area contributed by atoms with E-state index in [1.165, 1.54) is 11.5 Å². The van der Waals surface area contributed by atoms with E-state index in [1.807, 2.05) is 58.1 Å². The fraction of sp³-hybridized carbons (Fsp3) is 0.522. The van der Waals surface area contributed by atoms with Crippen molar-refractivity contribution in [2.45, 2.75) is 63.8 Å². The molecule has 2 atom stereocenters. The zero-order chi connectivity index (χ0) is 23.1. The monoisotopic (exact) mass is 478 g/mol. The molecule has 0 amide bonds. The van der Waals surface area contributed by atoms with Gasteiger partial charge in [-0.1, -0.05) is 13.8 Å². The van der Waals surface area contributed by atoms with Crippen molar-refractivity contribution >= 4 is 46.8 Å². The number of benzene rings is 1. The first-order valence-electron chi connectivity index (χ1n) is 10.3. The molecule has 2 aromatic rings. The van der Waals surface area contributed by atoms with Gasteiger partial charge < -0.3 is 9.64 Å². The number of aromatic nitrogens is 1. The second-order valence-electron chi connectivity index (χ2n) is 8.49. The van der Waals surface area contributed by atoms with Crippen molar-refractivity contribution in [3.05, 3.63) is 34.5 Å². The maximum atomic E-state index is 9.87. The SMILES string of the molecule is CCC1(c2nsc(Oc3cc(C)c(N=CN(C)C(C)C)cc3C)c2C#N)C(C)C1(Cl)Cl. The van der Waals surface area contributed by atoms with Crippen LogP contribution in [0.5, 0.6) is 10.8 Å². The number of aliphatic imine (C=N–C) groups is 1. The van der Waals surface area contributed by atoms with Gasteiger partial charge in [-0.25, -0.2) is 4.99 Å². The predicted molar refractivity (Wildman–Crippen MR) is 129 cm³/mol. The molecule has 1 aromatic carbocycles. The van der Waals surface area contributed by atoms with Crippen LogP contribution >= 0.6 is 34.7 Å². The van der Waals surface area contributed by atoms with Gasteiger partial charge in [-0.3, -0.25) is 0 Å². The summed E-state index contributed by atoms with van der Waals surface area (Å²) in [6, 6.07) is 6.58. The summed E-state index contributed by atoms with van der Waals surface area (Å²) < 4.78 is 9.81. The zero-order valence-electron chi connectivity index (χ0n) is 19.0.